The first-order valence-electron chi connectivity index (χ1n) is 5.35. The first-order valence-corrected chi connectivity index (χ1v) is 5.35. The molecule has 0 unspecified atom stereocenters. The van der Waals surface area contributed by atoms with Gasteiger partial charge in [-0.25, -0.2) is 4.39 Å². The second-order valence-electron chi connectivity index (χ2n) is 3.60. The quantitative estimate of drug-likeness (QED) is 0.603. The van der Waals surface area contributed by atoms with Gasteiger partial charge >= 0.3 is 0 Å². The average molecular weight is 235 g/mol. The lowest BCUT2D eigenvalue weighted by Crippen LogP contribution is -2.25. The molecule has 17 heavy (non-hydrogen) atoms. The number of amides is 1. The van der Waals surface area contributed by atoms with Crippen LogP contribution in [0.15, 0.2) is 18.2 Å². The van der Waals surface area contributed by atoms with Crippen LogP contribution in [0.5, 0.6) is 0 Å². The average Bonchev–Trinajstić information content (AvgIpc) is 2.28. The van der Waals surface area contributed by atoms with E-state index < -0.39 is 5.82 Å². The molecule has 0 fully saturated rings. The van der Waals surface area contributed by atoms with Gasteiger partial charge in [-0.1, -0.05) is 0 Å². The summed E-state index contributed by atoms with van der Waals surface area (Å²) in [5.74, 6) is -0.785. The maximum atomic E-state index is 12.8. The van der Waals surface area contributed by atoms with Crippen LogP contribution in [-0.4, -0.2) is 12.5 Å². The maximum absolute atomic E-state index is 12.8. The van der Waals surface area contributed by atoms with Gasteiger partial charge in [-0.15, -0.1) is 0 Å². The molecule has 1 aromatic rings. The van der Waals surface area contributed by atoms with Crippen LogP contribution < -0.4 is 11.1 Å². The van der Waals surface area contributed by atoms with Crippen LogP contribution in [0.25, 0.3) is 0 Å². The summed E-state index contributed by atoms with van der Waals surface area (Å²) in [4.78, 5) is 11.6. The van der Waals surface area contributed by atoms with Crippen molar-refractivity contribution in [3.8, 4) is 6.07 Å². The lowest BCUT2D eigenvalue weighted by molar-refractivity contribution is 0.0954. The predicted molar refractivity (Wildman–Crippen MR) is 62.6 cm³/mol. The maximum Gasteiger partial charge on any atom is 0.253 e. The number of nitrogens with zero attached hydrogens (tertiary/aromatic N) is 1. The third-order valence-corrected chi connectivity index (χ3v) is 2.26. The lowest BCUT2D eigenvalue weighted by atomic mass is 10.1. The number of nitriles is 1. The number of hydrogen-bond donors (Lipinski definition) is 2. The largest absolute Gasteiger partial charge is 0.398 e. The molecular formula is C12H14FN3O. The smallest absolute Gasteiger partial charge is 0.253 e. The van der Waals surface area contributed by atoms with E-state index in [0.717, 1.165) is 18.9 Å². The fourth-order valence-electron chi connectivity index (χ4n) is 1.37. The summed E-state index contributed by atoms with van der Waals surface area (Å²) in [6.45, 7) is 0.483. The fourth-order valence-corrected chi connectivity index (χ4v) is 1.37. The van der Waals surface area contributed by atoms with Crippen LogP contribution >= 0.6 is 0 Å². The summed E-state index contributed by atoms with van der Waals surface area (Å²) in [6, 6.07) is 5.70. The monoisotopic (exact) mass is 235 g/mol. The molecule has 1 rings (SSSR count). The topological polar surface area (TPSA) is 78.9 Å². The molecule has 0 aliphatic carbocycles. The Hall–Kier alpha value is -2.09. The van der Waals surface area contributed by atoms with E-state index in [1.54, 1.807) is 0 Å². The first kappa shape index (κ1) is 13.0. The van der Waals surface area contributed by atoms with Gasteiger partial charge in [0.15, 0.2) is 0 Å². The molecule has 0 atom stereocenters. The van der Waals surface area contributed by atoms with Crippen molar-refractivity contribution in [3.63, 3.8) is 0 Å². The van der Waals surface area contributed by atoms with Crippen LogP contribution in [0.3, 0.4) is 0 Å². The Balaban J connectivity index is 2.45. The Kier molecular flexibility index (Phi) is 4.95. The number of carbonyl (C=O) groups excluding carboxylic acids is 1. The van der Waals surface area contributed by atoms with E-state index >= 15 is 0 Å². The van der Waals surface area contributed by atoms with Gasteiger partial charge in [-0.05, 0) is 31.0 Å². The van der Waals surface area contributed by atoms with E-state index in [0.29, 0.717) is 13.0 Å². The Morgan fingerprint density at radius 1 is 1.47 bits per heavy atom. The summed E-state index contributed by atoms with van der Waals surface area (Å²) in [6.07, 6.45) is 1.96. The van der Waals surface area contributed by atoms with Crippen LogP contribution in [0.4, 0.5) is 10.1 Å². The van der Waals surface area contributed by atoms with Crippen molar-refractivity contribution in [2.24, 2.45) is 0 Å². The Labute approximate surface area is 99.2 Å². The highest BCUT2D eigenvalue weighted by Gasteiger charge is 2.09. The van der Waals surface area contributed by atoms with E-state index in [2.05, 4.69) is 5.32 Å². The summed E-state index contributed by atoms with van der Waals surface area (Å²) >= 11 is 0. The molecule has 1 amide bonds. The standard InChI is InChI=1S/C12H14FN3O/c13-9-4-5-10(11(15)8-9)12(17)16-7-3-1-2-6-14/h4-5,8H,1-3,7,15H2,(H,16,17). The number of nitrogens with two attached hydrogens (primary N) is 1. The number of nitrogens with one attached hydrogen (secondary N) is 1. The van der Waals surface area contributed by atoms with Crippen molar-refractivity contribution in [1.29, 1.82) is 5.26 Å². The van der Waals surface area contributed by atoms with Crippen LogP contribution in [0, 0.1) is 17.1 Å². The third kappa shape index (κ3) is 4.11. The molecule has 0 saturated heterocycles. The van der Waals surface area contributed by atoms with Gasteiger partial charge < -0.3 is 11.1 Å². The van der Waals surface area contributed by atoms with Gasteiger partial charge in [-0.2, -0.15) is 5.26 Å². The molecule has 0 spiro atoms. The Morgan fingerprint density at radius 2 is 2.24 bits per heavy atom. The Bertz CT molecular complexity index is 440. The molecule has 0 aromatic heterocycles. The van der Waals surface area contributed by atoms with Gasteiger partial charge in [0.05, 0.1) is 11.6 Å². The van der Waals surface area contributed by atoms with Gasteiger partial charge in [0, 0.05) is 18.7 Å². The van der Waals surface area contributed by atoms with Gasteiger partial charge in [0.2, 0.25) is 0 Å². The van der Waals surface area contributed by atoms with E-state index in [1.165, 1.54) is 12.1 Å². The van der Waals surface area contributed by atoms with E-state index in [4.69, 9.17) is 11.0 Å². The first-order chi connectivity index (χ1) is 8.15. The Morgan fingerprint density at radius 3 is 2.88 bits per heavy atom. The number of halogens is 1. The minimum absolute atomic E-state index is 0.125. The summed E-state index contributed by atoms with van der Waals surface area (Å²) in [5, 5.41) is 11.0. The molecule has 5 heteroatoms. The van der Waals surface area contributed by atoms with Gasteiger partial charge in [0.1, 0.15) is 5.82 Å². The number of nitrogen functional groups attached to an aromatic ring is 1. The van der Waals surface area contributed by atoms with Crippen LogP contribution in [0.1, 0.15) is 29.6 Å². The normalized spacial score (nSPS) is 9.65. The number of hydrogen-bond acceptors (Lipinski definition) is 3. The SMILES string of the molecule is N#CCCCCNC(=O)c1ccc(F)cc1N. The van der Waals surface area contributed by atoms with Crippen molar-refractivity contribution < 1.29 is 9.18 Å². The zero-order valence-corrected chi connectivity index (χ0v) is 9.37. The second kappa shape index (κ2) is 6.48. The molecule has 90 valence electrons. The predicted octanol–water partition coefficient (Wildman–Crippen LogP) is 1.83. The zero-order chi connectivity index (χ0) is 12.7. The van der Waals surface area contributed by atoms with Crippen molar-refractivity contribution in [1.82, 2.24) is 5.32 Å². The van der Waals surface area contributed by atoms with E-state index in [1.807, 2.05) is 6.07 Å². The molecule has 4 nitrogen and oxygen atoms in total. The molecule has 0 radical (unpaired) electrons. The van der Waals surface area contributed by atoms with Crippen LogP contribution in [-0.2, 0) is 0 Å². The van der Waals surface area contributed by atoms with Gasteiger partial charge in [-0.3, -0.25) is 4.79 Å². The van der Waals surface area contributed by atoms with Crippen molar-refractivity contribution >= 4 is 11.6 Å². The number of anilines is 1. The molecule has 0 bridgehead atoms. The van der Waals surface area contributed by atoms with Crippen LogP contribution in [0.2, 0.25) is 0 Å². The molecule has 1 aromatic carbocycles. The van der Waals surface area contributed by atoms with E-state index in [-0.39, 0.29) is 17.2 Å². The molecule has 0 heterocycles. The summed E-state index contributed by atoms with van der Waals surface area (Å²) in [7, 11) is 0. The molecular weight excluding hydrogens is 221 g/mol. The molecule has 0 aliphatic heterocycles. The number of unbranched alkanes of at least 4 members (excludes halogenated alkanes) is 2. The second-order valence-corrected chi connectivity index (χ2v) is 3.60. The van der Waals surface area contributed by atoms with Gasteiger partial charge in [0.25, 0.3) is 5.91 Å². The van der Waals surface area contributed by atoms with Crippen molar-refractivity contribution in [2.75, 3.05) is 12.3 Å². The number of benzene rings is 1. The fraction of sp³-hybridized carbons (Fsp3) is 0.333. The number of carbonyl (C=O) groups is 1. The molecule has 0 saturated carbocycles. The minimum Gasteiger partial charge on any atom is -0.398 e. The molecule has 0 aliphatic rings. The highest BCUT2D eigenvalue weighted by atomic mass is 19.1. The summed E-state index contributed by atoms with van der Waals surface area (Å²) in [5.41, 5.74) is 5.92. The van der Waals surface area contributed by atoms with E-state index in [9.17, 15) is 9.18 Å². The highest BCUT2D eigenvalue weighted by molar-refractivity contribution is 5.99. The highest BCUT2D eigenvalue weighted by Crippen LogP contribution is 2.13. The zero-order valence-electron chi connectivity index (χ0n) is 9.37. The third-order valence-electron chi connectivity index (χ3n) is 2.26. The van der Waals surface area contributed by atoms with Crippen molar-refractivity contribution in [3.05, 3.63) is 29.6 Å². The minimum atomic E-state index is -0.465. The molecule has 3 N–H and O–H groups in total. The lowest BCUT2D eigenvalue weighted by Gasteiger charge is -2.06. The number of rotatable bonds is 5. The van der Waals surface area contributed by atoms with Crippen molar-refractivity contribution in [2.45, 2.75) is 19.3 Å². The summed E-state index contributed by atoms with van der Waals surface area (Å²) < 4.78 is 12.8.